The standard InChI is InChI=1S/C30H52O2/c1-21(2)13-10-14-22(3)15-11-16-23(4)17-12-19-30(8)20-18-27-26(7)28(31-9)24(5)25(6)29(27)32-30/h21-23H,10-20H2,1-9H3/t22-,23-,30-/m1/s1. The van der Waals surface area contributed by atoms with Gasteiger partial charge in [-0.2, -0.15) is 0 Å². The van der Waals surface area contributed by atoms with Crippen LogP contribution in [0.25, 0.3) is 0 Å². The lowest BCUT2D eigenvalue weighted by molar-refractivity contribution is 0.0512. The van der Waals surface area contributed by atoms with Crippen molar-refractivity contribution in [2.24, 2.45) is 17.8 Å². The molecule has 0 saturated carbocycles. The molecular weight excluding hydrogens is 392 g/mol. The van der Waals surface area contributed by atoms with E-state index in [1.807, 2.05) is 0 Å². The minimum absolute atomic E-state index is 0.0319. The third-order valence-corrected chi connectivity index (χ3v) is 8.04. The zero-order valence-electron chi connectivity index (χ0n) is 22.8. The highest BCUT2D eigenvalue weighted by atomic mass is 16.5. The summed E-state index contributed by atoms with van der Waals surface area (Å²) in [4.78, 5) is 0. The number of benzene rings is 1. The number of ether oxygens (including phenoxy) is 2. The van der Waals surface area contributed by atoms with Crippen LogP contribution in [0.5, 0.6) is 11.5 Å². The van der Waals surface area contributed by atoms with Crippen LogP contribution >= 0.6 is 0 Å². The van der Waals surface area contributed by atoms with E-state index in [0.717, 1.165) is 48.5 Å². The van der Waals surface area contributed by atoms with Crippen LogP contribution in [0.15, 0.2) is 0 Å². The van der Waals surface area contributed by atoms with E-state index in [4.69, 9.17) is 9.47 Å². The van der Waals surface area contributed by atoms with Gasteiger partial charge in [-0.15, -0.1) is 0 Å². The number of hydrogen-bond donors (Lipinski definition) is 0. The molecule has 0 radical (unpaired) electrons. The van der Waals surface area contributed by atoms with Crippen molar-refractivity contribution in [1.29, 1.82) is 0 Å². The molecule has 1 aromatic carbocycles. The molecule has 0 aliphatic carbocycles. The van der Waals surface area contributed by atoms with Gasteiger partial charge in [-0.3, -0.25) is 0 Å². The fraction of sp³-hybridized carbons (Fsp3) is 0.800. The second-order valence-corrected chi connectivity index (χ2v) is 11.6. The predicted octanol–water partition coefficient (Wildman–Crippen LogP) is 9.14. The minimum Gasteiger partial charge on any atom is -0.496 e. The molecule has 0 aromatic heterocycles. The van der Waals surface area contributed by atoms with E-state index in [1.54, 1.807) is 7.11 Å². The van der Waals surface area contributed by atoms with Crippen molar-refractivity contribution in [2.45, 2.75) is 132 Å². The summed E-state index contributed by atoms with van der Waals surface area (Å²) in [5.74, 6) is 4.74. The highest BCUT2D eigenvalue weighted by Gasteiger charge is 2.34. The highest BCUT2D eigenvalue weighted by molar-refractivity contribution is 5.58. The largest absolute Gasteiger partial charge is 0.496 e. The second-order valence-electron chi connectivity index (χ2n) is 11.6. The first-order valence-corrected chi connectivity index (χ1v) is 13.4. The quantitative estimate of drug-likeness (QED) is 0.302. The Morgan fingerprint density at radius 3 is 1.94 bits per heavy atom. The first-order chi connectivity index (χ1) is 15.1. The van der Waals surface area contributed by atoms with Crippen molar-refractivity contribution in [3.8, 4) is 11.5 Å². The van der Waals surface area contributed by atoms with Crippen LogP contribution in [0.2, 0.25) is 0 Å². The Hall–Kier alpha value is -1.18. The molecule has 2 heteroatoms. The van der Waals surface area contributed by atoms with Gasteiger partial charge in [0, 0.05) is 5.56 Å². The van der Waals surface area contributed by atoms with Gasteiger partial charge < -0.3 is 9.47 Å². The lowest BCUT2D eigenvalue weighted by atomic mass is 9.83. The molecular formula is C30H52O2. The lowest BCUT2D eigenvalue weighted by Gasteiger charge is -2.38. The number of fused-ring (bicyclic) bond motifs is 1. The van der Waals surface area contributed by atoms with Crippen molar-refractivity contribution in [3.05, 3.63) is 22.3 Å². The molecule has 0 unspecified atom stereocenters. The van der Waals surface area contributed by atoms with Crippen molar-refractivity contribution in [1.82, 2.24) is 0 Å². The van der Waals surface area contributed by atoms with Gasteiger partial charge in [0.25, 0.3) is 0 Å². The number of rotatable bonds is 13. The average Bonchev–Trinajstić information content (AvgIpc) is 2.72. The van der Waals surface area contributed by atoms with E-state index < -0.39 is 0 Å². The van der Waals surface area contributed by atoms with E-state index in [9.17, 15) is 0 Å². The zero-order valence-corrected chi connectivity index (χ0v) is 22.8. The summed E-state index contributed by atoms with van der Waals surface area (Å²) in [5.41, 5.74) is 5.07. The number of methoxy groups -OCH3 is 1. The number of hydrogen-bond acceptors (Lipinski definition) is 2. The normalized spacial score (nSPS) is 20.1. The van der Waals surface area contributed by atoms with Crippen LogP contribution < -0.4 is 9.47 Å². The molecule has 0 bridgehead atoms. The Morgan fingerprint density at radius 2 is 1.38 bits per heavy atom. The Bertz CT molecular complexity index is 720. The van der Waals surface area contributed by atoms with Crippen LogP contribution in [0, 0.1) is 38.5 Å². The Morgan fingerprint density at radius 1 is 0.812 bits per heavy atom. The van der Waals surface area contributed by atoms with E-state index in [-0.39, 0.29) is 5.60 Å². The topological polar surface area (TPSA) is 18.5 Å². The molecule has 0 N–H and O–H groups in total. The van der Waals surface area contributed by atoms with E-state index in [2.05, 4.69) is 55.4 Å². The van der Waals surface area contributed by atoms with E-state index in [1.165, 1.54) is 73.6 Å². The molecule has 0 spiro atoms. The van der Waals surface area contributed by atoms with Crippen molar-refractivity contribution >= 4 is 0 Å². The van der Waals surface area contributed by atoms with Gasteiger partial charge in [-0.25, -0.2) is 0 Å². The van der Waals surface area contributed by atoms with Gasteiger partial charge in [-0.05, 0) is 87.8 Å². The Kier molecular flexibility index (Phi) is 10.4. The smallest absolute Gasteiger partial charge is 0.127 e. The third-order valence-electron chi connectivity index (χ3n) is 8.04. The van der Waals surface area contributed by atoms with E-state index in [0.29, 0.717) is 0 Å². The first kappa shape index (κ1) is 27.1. The molecule has 0 saturated heterocycles. The molecule has 0 amide bonds. The maximum absolute atomic E-state index is 6.70. The van der Waals surface area contributed by atoms with Crippen LogP contribution in [0.3, 0.4) is 0 Å². The maximum Gasteiger partial charge on any atom is 0.127 e. The molecule has 2 rings (SSSR count). The average molecular weight is 445 g/mol. The fourth-order valence-corrected chi connectivity index (χ4v) is 5.57. The molecule has 1 heterocycles. The fourth-order valence-electron chi connectivity index (χ4n) is 5.57. The summed E-state index contributed by atoms with van der Waals surface area (Å²) < 4.78 is 12.4. The molecule has 1 aromatic rings. The summed E-state index contributed by atoms with van der Waals surface area (Å²) >= 11 is 0. The van der Waals surface area contributed by atoms with Crippen molar-refractivity contribution < 1.29 is 9.47 Å². The van der Waals surface area contributed by atoms with Crippen molar-refractivity contribution in [2.75, 3.05) is 7.11 Å². The monoisotopic (exact) mass is 444 g/mol. The SMILES string of the molecule is COc1c(C)c(C)c2c(c1C)CC[C@@](C)(CCC[C@H](C)CCC[C@H](C)CCCC(C)C)O2. The summed E-state index contributed by atoms with van der Waals surface area (Å²) in [5, 5.41) is 0. The minimum atomic E-state index is -0.0319. The lowest BCUT2D eigenvalue weighted by Crippen LogP contribution is -2.37. The van der Waals surface area contributed by atoms with Crippen LogP contribution in [0.1, 0.15) is 121 Å². The molecule has 184 valence electrons. The summed E-state index contributed by atoms with van der Waals surface area (Å²) in [6.45, 7) is 18.4. The maximum atomic E-state index is 6.70. The van der Waals surface area contributed by atoms with Gasteiger partial charge in [0.05, 0.1) is 7.11 Å². The Labute approximate surface area is 199 Å². The molecule has 3 atom stereocenters. The zero-order chi connectivity index (χ0) is 23.9. The Balaban J connectivity index is 1.77. The van der Waals surface area contributed by atoms with Gasteiger partial charge in [0.1, 0.15) is 17.1 Å². The molecule has 1 aliphatic rings. The van der Waals surface area contributed by atoms with Gasteiger partial charge in [-0.1, -0.05) is 72.6 Å². The molecule has 1 aliphatic heterocycles. The first-order valence-electron chi connectivity index (χ1n) is 13.4. The molecule has 2 nitrogen and oxygen atoms in total. The molecule has 0 fully saturated rings. The second kappa shape index (κ2) is 12.3. The summed E-state index contributed by atoms with van der Waals surface area (Å²) in [6.07, 6.45) is 14.3. The predicted molar refractivity (Wildman–Crippen MR) is 139 cm³/mol. The summed E-state index contributed by atoms with van der Waals surface area (Å²) in [6, 6.07) is 0. The van der Waals surface area contributed by atoms with Gasteiger partial charge in [0.2, 0.25) is 0 Å². The van der Waals surface area contributed by atoms with Crippen LogP contribution in [0.4, 0.5) is 0 Å². The highest BCUT2D eigenvalue weighted by Crippen LogP contribution is 2.44. The summed E-state index contributed by atoms with van der Waals surface area (Å²) in [7, 11) is 1.78. The van der Waals surface area contributed by atoms with Gasteiger partial charge >= 0.3 is 0 Å². The van der Waals surface area contributed by atoms with Crippen LogP contribution in [-0.4, -0.2) is 12.7 Å². The van der Waals surface area contributed by atoms with Crippen molar-refractivity contribution in [3.63, 3.8) is 0 Å². The molecule has 32 heavy (non-hydrogen) atoms. The van der Waals surface area contributed by atoms with Gasteiger partial charge in [0.15, 0.2) is 0 Å². The van der Waals surface area contributed by atoms with Crippen LogP contribution in [-0.2, 0) is 6.42 Å². The third kappa shape index (κ3) is 7.42. The van der Waals surface area contributed by atoms with E-state index >= 15 is 0 Å².